The Morgan fingerprint density at radius 3 is 2.60 bits per heavy atom. The average Bonchev–Trinajstić information content (AvgIpc) is 2.49. The summed E-state index contributed by atoms with van der Waals surface area (Å²) in [6.45, 7) is 5.95. The van der Waals surface area contributed by atoms with E-state index in [2.05, 4.69) is 5.32 Å². The van der Waals surface area contributed by atoms with Crippen molar-refractivity contribution >= 4 is 17.5 Å². The smallest absolute Gasteiger partial charge is 0.250 e. The van der Waals surface area contributed by atoms with Gasteiger partial charge in [-0.25, -0.2) is 4.39 Å². The minimum absolute atomic E-state index is 0.155. The molecule has 2 rings (SSSR count). The number of carbonyl (C=O) groups is 2. The Bertz CT molecular complexity index is 537. The van der Waals surface area contributed by atoms with Crippen LogP contribution in [-0.2, 0) is 9.59 Å². The van der Waals surface area contributed by atoms with Gasteiger partial charge in [-0.1, -0.05) is 26.8 Å². The van der Waals surface area contributed by atoms with Crippen LogP contribution in [0.3, 0.4) is 0 Å². The number of amides is 2. The summed E-state index contributed by atoms with van der Waals surface area (Å²) in [5.41, 5.74) is 0.0867. The second-order valence-electron chi connectivity index (χ2n) is 6.09. The van der Waals surface area contributed by atoms with E-state index < -0.39 is 17.3 Å². The van der Waals surface area contributed by atoms with Gasteiger partial charge in [0.2, 0.25) is 11.8 Å². The number of nitrogens with zero attached hydrogens (tertiary/aromatic N) is 1. The fraction of sp³-hybridized carbons (Fsp3) is 0.467. The molecular weight excluding hydrogens is 259 g/mol. The number of hydrogen-bond acceptors (Lipinski definition) is 2. The number of hydrogen-bond donors (Lipinski definition) is 1. The molecule has 20 heavy (non-hydrogen) atoms. The Kier molecular flexibility index (Phi) is 3.79. The first-order valence-electron chi connectivity index (χ1n) is 6.65. The summed E-state index contributed by atoms with van der Waals surface area (Å²) in [5, 5.41) is 2.76. The zero-order valence-electron chi connectivity index (χ0n) is 11.9. The van der Waals surface area contributed by atoms with E-state index in [0.29, 0.717) is 5.69 Å². The summed E-state index contributed by atoms with van der Waals surface area (Å²) in [6, 6.07) is 5.27. The molecule has 5 heteroatoms. The van der Waals surface area contributed by atoms with Crippen LogP contribution in [0.4, 0.5) is 10.1 Å². The van der Waals surface area contributed by atoms with Crippen molar-refractivity contribution in [2.45, 2.75) is 33.2 Å². The van der Waals surface area contributed by atoms with Crippen molar-refractivity contribution in [2.75, 3.05) is 11.4 Å². The lowest BCUT2D eigenvalue weighted by Crippen LogP contribution is -2.52. The molecule has 0 aromatic heterocycles. The van der Waals surface area contributed by atoms with Crippen molar-refractivity contribution in [3.05, 3.63) is 30.1 Å². The highest BCUT2D eigenvalue weighted by molar-refractivity contribution is 6.01. The number of halogens is 1. The molecule has 1 N–H and O–H groups in total. The third-order valence-electron chi connectivity index (χ3n) is 3.37. The van der Waals surface area contributed by atoms with E-state index in [1.165, 1.54) is 17.0 Å². The molecule has 0 aliphatic carbocycles. The van der Waals surface area contributed by atoms with Gasteiger partial charge >= 0.3 is 0 Å². The molecular formula is C15H19FN2O2. The molecule has 0 spiro atoms. The first-order chi connectivity index (χ1) is 9.29. The predicted octanol–water partition coefficient (Wildman–Crippen LogP) is 2.09. The second-order valence-corrected chi connectivity index (χ2v) is 6.09. The first-order valence-corrected chi connectivity index (χ1v) is 6.65. The quantitative estimate of drug-likeness (QED) is 0.855. The lowest BCUT2D eigenvalue weighted by molar-refractivity contribution is -0.127. The maximum atomic E-state index is 13.3. The Morgan fingerprint density at radius 1 is 1.30 bits per heavy atom. The van der Waals surface area contributed by atoms with E-state index in [4.69, 9.17) is 0 Å². The van der Waals surface area contributed by atoms with Crippen LogP contribution in [0.1, 0.15) is 27.2 Å². The molecule has 1 aliphatic heterocycles. The van der Waals surface area contributed by atoms with Crippen LogP contribution in [0.15, 0.2) is 24.3 Å². The van der Waals surface area contributed by atoms with Crippen LogP contribution in [0.25, 0.3) is 0 Å². The Morgan fingerprint density at radius 2 is 2.00 bits per heavy atom. The molecule has 0 radical (unpaired) electrons. The molecule has 1 fully saturated rings. The molecule has 1 saturated heterocycles. The number of nitrogens with one attached hydrogen (secondary N) is 1. The Balaban J connectivity index is 2.37. The average molecular weight is 278 g/mol. The fourth-order valence-electron chi connectivity index (χ4n) is 2.26. The molecule has 4 nitrogen and oxygen atoms in total. The van der Waals surface area contributed by atoms with Crippen LogP contribution in [0.2, 0.25) is 0 Å². The van der Waals surface area contributed by atoms with E-state index in [9.17, 15) is 14.0 Å². The van der Waals surface area contributed by atoms with Crippen molar-refractivity contribution < 1.29 is 14.0 Å². The van der Waals surface area contributed by atoms with Gasteiger partial charge in [-0.05, 0) is 23.6 Å². The van der Waals surface area contributed by atoms with Crippen LogP contribution < -0.4 is 10.2 Å². The van der Waals surface area contributed by atoms with E-state index in [1.54, 1.807) is 12.1 Å². The normalized spacial score (nSPS) is 20.6. The molecule has 1 unspecified atom stereocenters. The third kappa shape index (κ3) is 2.98. The monoisotopic (exact) mass is 278 g/mol. The van der Waals surface area contributed by atoms with Crippen LogP contribution in [0, 0.1) is 11.2 Å². The molecule has 1 heterocycles. The molecule has 1 aromatic carbocycles. The summed E-state index contributed by atoms with van der Waals surface area (Å²) < 4.78 is 13.3. The zero-order chi connectivity index (χ0) is 14.9. The fourth-order valence-corrected chi connectivity index (χ4v) is 2.26. The van der Waals surface area contributed by atoms with Gasteiger partial charge in [0.05, 0.1) is 0 Å². The lowest BCUT2D eigenvalue weighted by Gasteiger charge is -2.32. The van der Waals surface area contributed by atoms with Crippen LogP contribution >= 0.6 is 0 Å². The van der Waals surface area contributed by atoms with Crippen molar-refractivity contribution in [3.63, 3.8) is 0 Å². The molecule has 1 atom stereocenters. The molecule has 1 aromatic rings. The van der Waals surface area contributed by atoms with Crippen molar-refractivity contribution in [1.29, 1.82) is 0 Å². The van der Waals surface area contributed by atoms with Crippen LogP contribution in [0.5, 0.6) is 0 Å². The number of benzene rings is 1. The second kappa shape index (κ2) is 5.23. The maximum absolute atomic E-state index is 13.3. The minimum Gasteiger partial charge on any atom is -0.344 e. The van der Waals surface area contributed by atoms with Gasteiger partial charge in [0.15, 0.2) is 0 Å². The molecule has 2 amide bonds. The van der Waals surface area contributed by atoms with Gasteiger partial charge in [-0.3, -0.25) is 9.59 Å². The topological polar surface area (TPSA) is 49.4 Å². The largest absolute Gasteiger partial charge is 0.344 e. The van der Waals surface area contributed by atoms with E-state index in [-0.39, 0.29) is 24.8 Å². The van der Waals surface area contributed by atoms with Crippen molar-refractivity contribution in [1.82, 2.24) is 5.32 Å². The highest BCUT2D eigenvalue weighted by atomic mass is 19.1. The number of rotatable bonds is 1. The Hall–Kier alpha value is -1.91. The summed E-state index contributed by atoms with van der Waals surface area (Å²) in [4.78, 5) is 25.9. The van der Waals surface area contributed by atoms with Crippen molar-refractivity contribution in [2.24, 2.45) is 5.41 Å². The molecule has 0 saturated carbocycles. The summed E-state index contributed by atoms with van der Waals surface area (Å²) in [6.07, 6.45) is 0.217. The Labute approximate surface area is 118 Å². The maximum Gasteiger partial charge on any atom is 0.250 e. The number of anilines is 1. The van der Waals surface area contributed by atoms with Gasteiger partial charge in [0, 0.05) is 18.7 Å². The zero-order valence-corrected chi connectivity index (χ0v) is 11.9. The van der Waals surface area contributed by atoms with Gasteiger partial charge in [-0.15, -0.1) is 0 Å². The molecule has 1 aliphatic rings. The van der Waals surface area contributed by atoms with E-state index in [0.717, 1.165) is 0 Å². The van der Waals surface area contributed by atoms with E-state index in [1.807, 2.05) is 20.8 Å². The SMILES string of the molecule is CC(C)(C)C1NC(=O)CCN(c2cccc(F)c2)C1=O. The first kappa shape index (κ1) is 14.5. The van der Waals surface area contributed by atoms with Gasteiger partial charge in [0.25, 0.3) is 0 Å². The predicted molar refractivity (Wildman–Crippen MR) is 74.8 cm³/mol. The van der Waals surface area contributed by atoms with Gasteiger partial charge < -0.3 is 10.2 Å². The highest BCUT2D eigenvalue weighted by Crippen LogP contribution is 2.26. The third-order valence-corrected chi connectivity index (χ3v) is 3.37. The van der Waals surface area contributed by atoms with Gasteiger partial charge in [0.1, 0.15) is 11.9 Å². The molecule has 0 bridgehead atoms. The van der Waals surface area contributed by atoms with Gasteiger partial charge in [-0.2, -0.15) is 0 Å². The van der Waals surface area contributed by atoms with Crippen molar-refractivity contribution in [3.8, 4) is 0 Å². The summed E-state index contributed by atoms with van der Waals surface area (Å²) >= 11 is 0. The summed E-state index contributed by atoms with van der Waals surface area (Å²) in [5.74, 6) is -0.753. The van der Waals surface area contributed by atoms with Crippen LogP contribution in [-0.4, -0.2) is 24.4 Å². The van der Waals surface area contributed by atoms with E-state index >= 15 is 0 Å². The highest BCUT2D eigenvalue weighted by Gasteiger charge is 2.38. The lowest BCUT2D eigenvalue weighted by atomic mass is 9.86. The minimum atomic E-state index is -0.610. The standard InChI is InChI=1S/C15H19FN2O2/c1-15(2,3)13-14(20)18(8-7-12(19)17-13)11-6-4-5-10(16)9-11/h4-6,9,13H,7-8H2,1-3H3,(H,17,19). The number of carbonyl (C=O) groups excluding carboxylic acids is 2. The summed E-state index contributed by atoms with van der Waals surface area (Å²) in [7, 11) is 0. The molecule has 108 valence electrons.